The van der Waals surface area contributed by atoms with Crippen molar-refractivity contribution < 1.29 is 0 Å². The van der Waals surface area contributed by atoms with Crippen molar-refractivity contribution in [3.8, 4) is 0 Å². The minimum Gasteiger partial charge on any atom is -0.357 e. The Morgan fingerprint density at radius 1 is 1.19 bits per heavy atom. The number of hydrogen-bond donors (Lipinski definition) is 1. The summed E-state index contributed by atoms with van der Waals surface area (Å²) in [6.07, 6.45) is 2.44. The zero-order chi connectivity index (χ0) is 11.7. The Morgan fingerprint density at radius 2 is 1.69 bits per heavy atom. The van der Waals surface area contributed by atoms with Gasteiger partial charge in [-0.1, -0.05) is 15.9 Å². The van der Waals surface area contributed by atoms with Gasteiger partial charge in [-0.25, -0.2) is 0 Å². The van der Waals surface area contributed by atoms with E-state index >= 15 is 0 Å². The van der Waals surface area contributed by atoms with Crippen molar-refractivity contribution in [2.24, 2.45) is 0 Å². The van der Waals surface area contributed by atoms with E-state index in [2.05, 4.69) is 46.8 Å². The molecule has 0 unspecified atom stereocenters. The van der Waals surface area contributed by atoms with E-state index in [4.69, 9.17) is 5.41 Å². The van der Waals surface area contributed by atoms with Crippen molar-refractivity contribution >= 4 is 21.8 Å². The molecule has 16 heavy (non-hydrogen) atoms. The highest BCUT2D eigenvalue weighted by Gasteiger charge is 2.17. The Morgan fingerprint density at radius 3 is 2.19 bits per heavy atom. The van der Waals surface area contributed by atoms with E-state index in [0.29, 0.717) is 5.84 Å². The van der Waals surface area contributed by atoms with E-state index in [9.17, 15) is 0 Å². The molecule has 1 heterocycles. The number of nitrogens with one attached hydrogen (secondary N) is 1. The molecule has 0 aromatic heterocycles. The van der Waals surface area contributed by atoms with E-state index in [-0.39, 0.29) is 0 Å². The molecule has 0 saturated carbocycles. The van der Waals surface area contributed by atoms with Crippen LogP contribution in [0.4, 0.5) is 0 Å². The highest BCUT2D eigenvalue weighted by atomic mass is 79.9. The minimum absolute atomic E-state index is 0.677. The number of halogens is 1. The van der Waals surface area contributed by atoms with Gasteiger partial charge in [0.1, 0.15) is 5.84 Å². The SMILES string of the molecule is Cc1cc(C(=N)N2CCCC2)cc(C)c1Br. The summed E-state index contributed by atoms with van der Waals surface area (Å²) in [6.45, 7) is 6.23. The van der Waals surface area contributed by atoms with Gasteiger partial charge in [0.25, 0.3) is 0 Å². The molecule has 1 aromatic carbocycles. The molecular formula is C13H17BrN2. The van der Waals surface area contributed by atoms with Gasteiger partial charge in [-0.15, -0.1) is 0 Å². The van der Waals surface area contributed by atoms with Crippen molar-refractivity contribution in [1.82, 2.24) is 4.90 Å². The quantitative estimate of drug-likeness (QED) is 0.619. The zero-order valence-corrected chi connectivity index (χ0v) is 11.4. The van der Waals surface area contributed by atoms with Crippen LogP contribution in [-0.4, -0.2) is 23.8 Å². The van der Waals surface area contributed by atoms with Crippen molar-refractivity contribution in [2.75, 3.05) is 13.1 Å². The smallest absolute Gasteiger partial charge is 0.128 e. The lowest BCUT2D eigenvalue weighted by Crippen LogP contribution is -2.27. The third-order valence-corrected chi connectivity index (χ3v) is 4.38. The van der Waals surface area contributed by atoms with Gasteiger partial charge in [0.2, 0.25) is 0 Å². The molecule has 86 valence electrons. The van der Waals surface area contributed by atoms with Crippen LogP contribution in [0.25, 0.3) is 0 Å². The van der Waals surface area contributed by atoms with Crippen LogP contribution in [0.15, 0.2) is 16.6 Å². The van der Waals surface area contributed by atoms with Crippen LogP contribution >= 0.6 is 15.9 Å². The Balaban J connectivity index is 2.29. The van der Waals surface area contributed by atoms with E-state index in [1.807, 2.05) is 0 Å². The second-order valence-electron chi connectivity index (χ2n) is 4.47. The summed E-state index contributed by atoms with van der Waals surface area (Å²) >= 11 is 3.56. The monoisotopic (exact) mass is 280 g/mol. The fraction of sp³-hybridized carbons (Fsp3) is 0.462. The third kappa shape index (κ3) is 2.14. The van der Waals surface area contributed by atoms with Crippen molar-refractivity contribution in [3.05, 3.63) is 33.3 Å². The van der Waals surface area contributed by atoms with Gasteiger partial charge < -0.3 is 4.90 Å². The Hall–Kier alpha value is -0.830. The maximum Gasteiger partial charge on any atom is 0.128 e. The number of aryl methyl sites for hydroxylation is 2. The Bertz CT molecular complexity index is 397. The van der Waals surface area contributed by atoms with Gasteiger partial charge >= 0.3 is 0 Å². The van der Waals surface area contributed by atoms with E-state index < -0.39 is 0 Å². The molecule has 1 aromatic rings. The number of likely N-dealkylation sites (tertiary alicyclic amines) is 1. The van der Waals surface area contributed by atoms with Crippen LogP contribution in [0, 0.1) is 19.3 Å². The fourth-order valence-corrected chi connectivity index (χ4v) is 2.43. The maximum absolute atomic E-state index is 8.20. The lowest BCUT2D eigenvalue weighted by atomic mass is 10.1. The number of hydrogen-bond acceptors (Lipinski definition) is 1. The highest BCUT2D eigenvalue weighted by Crippen LogP contribution is 2.24. The van der Waals surface area contributed by atoms with E-state index in [1.165, 1.54) is 24.0 Å². The second kappa shape index (κ2) is 4.58. The van der Waals surface area contributed by atoms with Crippen LogP contribution in [0.1, 0.15) is 29.5 Å². The average Bonchev–Trinajstić information content (AvgIpc) is 2.77. The number of rotatable bonds is 1. The molecule has 0 bridgehead atoms. The molecule has 1 N–H and O–H groups in total. The largest absolute Gasteiger partial charge is 0.357 e. The Kier molecular flexibility index (Phi) is 3.33. The fourth-order valence-electron chi connectivity index (χ4n) is 2.21. The summed E-state index contributed by atoms with van der Waals surface area (Å²) in [4.78, 5) is 2.17. The van der Waals surface area contributed by atoms with Crippen LogP contribution < -0.4 is 0 Å². The average molecular weight is 281 g/mol. The Labute approximate surface area is 105 Å². The summed E-state index contributed by atoms with van der Waals surface area (Å²) in [5, 5.41) is 8.20. The summed E-state index contributed by atoms with van der Waals surface area (Å²) in [6, 6.07) is 4.19. The predicted molar refractivity (Wildman–Crippen MR) is 71.3 cm³/mol. The molecule has 2 nitrogen and oxygen atoms in total. The lowest BCUT2D eigenvalue weighted by molar-refractivity contribution is 0.517. The first-order valence-corrected chi connectivity index (χ1v) is 6.49. The lowest BCUT2D eigenvalue weighted by Gasteiger charge is -2.19. The molecule has 1 aliphatic heterocycles. The first-order chi connectivity index (χ1) is 7.59. The van der Waals surface area contributed by atoms with Gasteiger partial charge in [0, 0.05) is 23.1 Å². The van der Waals surface area contributed by atoms with Gasteiger partial charge in [-0.2, -0.15) is 0 Å². The molecule has 1 saturated heterocycles. The number of amidine groups is 1. The molecule has 0 radical (unpaired) electrons. The third-order valence-electron chi connectivity index (χ3n) is 3.13. The molecule has 0 aliphatic carbocycles. The standard InChI is InChI=1S/C13H17BrN2/c1-9-7-11(8-10(2)12(9)14)13(15)16-5-3-4-6-16/h7-8,15H,3-6H2,1-2H3. The van der Waals surface area contributed by atoms with Crippen molar-refractivity contribution in [1.29, 1.82) is 5.41 Å². The normalized spacial score (nSPS) is 15.6. The molecule has 0 spiro atoms. The first kappa shape index (κ1) is 11.6. The molecule has 0 amide bonds. The minimum atomic E-state index is 0.677. The first-order valence-electron chi connectivity index (χ1n) is 5.70. The van der Waals surface area contributed by atoms with Gasteiger partial charge in [-0.3, -0.25) is 5.41 Å². The number of nitrogens with zero attached hydrogens (tertiary/aromatic N) is 1. The van der Waals surface area contributed by atoms with Crippen LogP contribution in [0.3, 0.4) is 0 Å². The summed E-state index contributed by atoms with van der Waals surface area (Å²) in [5.74, 6) is 0.677. The maximum atomic E-state index is 8.20. The number of benzene rings is 1. The molecule has 2 rings (SSSR count). The zero-order valence-electron chi connectivity index (χ0n) is 9.81. The van der Waals surface area contributed by atoms with Gasteiger partial charge in [0.15, 0.2) is 0 Å². The molecule has 3 heteroatoms. The van der Waals surface area contributed by atoms with Gasteiger partial charge in [0.05, 0.1) is 0 Å². The molecule has 1 fully saturated rings. The van der Waals surface area contributed by atoms with E-state index in [0.717, 1.165) is 23.1 Å². The van der Waals surface area contributed by atoms with E-state index in [1.54, 1.807) is 0 Å². The van der Waals surface area contributed by atoms with Crippen molar-refractivity contribution in [2.45, 2.75) is 26.7 Å². The van der Waals surface area contributed by atoms with Crippen LogP contribution in [-0.2, 0) is 0 Å². The highest BCUT2D eigenvalue weighted by molar-refractivity contribution is 9.10. The summed E-state index contributed by atoms with van der Waals surface area (Å²) < 4.78 is 1.16. The van der Waals surface area contributed by atoms with Crippen LogP contribution in [0.5, 0.6) is 0 Å². The van der Waals surface area contributed by atoms with Gasteiger partial charge in [-0.05, 0) is 49.9 Å². The van der Waals surface area contributed by atoms with Crippen LogP contribution in [0.2, 0.25) is 0 Å². The topological polar surface area (TPSA) is 27.1 Å². The molecular weight excluding hydrogens is 264 g/mol. The van der Waals surface area contributed by atoms with Crippen molar-refractivity contribution in [3.63, 3.8) is 0 Å². The molecule has 1 aliphatic rings. The summed E-state index contributed by atoms with van der Waals surface area (Å²) in [5.41, 5.74) is 3.46. The predicted octanol–water partition coefficient (Wildman–Crippen LogP) is 3.49. The second-order valence-corrected chi connectivity index (χ2v) is 5.26. The molecule has 0 atom stereocenters. The summed E-state index contributed by atoms with van der Waals surface area (Å²) in [7, 11) is 0.